The molecule has 0 rings (SSSR count). The largest absolute Gasteiger partial charge is 0.472 e. The zero-order chi connectivity index (χ0) is 71.8. The molecule has 0 aliphatic rings. The molecule has 0 bridgehead atoms. The van der Waals surface area contributed by atoms with Crippen LogP contribution in [0.25, 0.3) is 0 Å². The molecule has 582 valence electrons. The van der Waals surface area contributed by atoms with Crippen LogP contribution in [0.2, 0.25) is 0 Å². The van der Waals surface area contributed by atoms with E-state index in [1.54, 1.807) is 0 Å². The van der Waals surface area contributed by atoms with E-state index in [0.717, 1.165) is 96.3 Å². The van der Waals surface area contributed by atoms with Crippen LogP contribution in [0.15, 0.2) is 0 Å². The molecule has 5 atom stereocenters. The van der Waals surface area contributed by atoms with E-state index in [2.05, 4.69) is 27.7 Å². The van der Waals surface area contributed by atoms with E-state index < -0.39 is 97.5 Å². The number of aliphatic hydroxyl groups is 1. The van der Waals surface area contributed by atoms with E-state index >= 15 is 0 Å². The molecule has 98 heavy (non-hydrogen) atoms. The van der Waals surface area contributed by atoms with Crippen molar-refractivity contribution >= 4 is 39.5 Å². The summed E-state index contributed by atoms with van der Waals surface area (Å²) in [5.74, 6) is -2.12. The van der Waals surface area contributed by atoms with E-state index in [1.807, 2.05) is 0 Å². The smallest absolute Gasteiger partial charge is 0.462 e. The Balaban J connectivity index is 5.12. The molecule has 0 aliphatic heterocycles. The van der Waals surface area contributed by atoms with Crippen molar-refractivity contribution in [2.24, 2.45) is 0 Å². The maximum absolute atomic E-state index is 13.1. The van der Waals surface area contributed by atoms with E-state index in [1.165, 1.54) is 250 Å². The molecule has 3 N–H and O–H groups in total. The number of carbonyl (C=O) groups is 4. The van der Waals surface area contributed by atoms with Crippen LogP contribution in [0.5, 0.6) is 0 Å². The van der Waals surface area contributed by atoms with Gasteiger partial charge < -0.3 is 33.8 Å². The van der Waals surface area contributed by atoms with E-state index in [0.29, 0.717) is 25.7 Å². The third-order valence-corrected chi connectivity index (χ3v) is 20.5. The number of carbonyl (C=O) groups excluding carboxylic acids is 4. The predicted octanol–water partition coefficient (Wildman–Crippen LogP) is 23.8. The number of phosphoric acid groups is 2. The topological polar surface area (TPSA) is 237 Å². The molecule has 17 nitrogen and oxygen atoms in total. The highest BCUT2D eigenvalue weighted by molar-refractivity contribution is 7.47. The van der Waals surface area contributed by atoms with Gasteiger partial charge in [0.2, 0.25) is 0 Å². The minimum Gasteiger partial charge on any atom is -0.462 e. The van der Waals surface area contributed by atoms with Gasteiger partial charge in [-0.15, -0.1) is 0 Å². The van der Waals surface area contributed by atoms with Gasteiger partial charge in [-0.25, -0.2) is 9.13 Å². The van der Waals surface area contributed by atoms with Crippen LogP contribution >= 0.6 is 15.6 Å². The maximum atomic E-state index is 13.1. The molecule has 0 saturated carbocycles. The summed E-state index contributed by atoms with van der Waals surface area (Å²) in [6.45, 7) is 4.93. The van der Waals surface area contributed by atoms with E-state index in [9.17, 15) is 43.2 Å². The lowest BCUT2D eigenvalue weighted by atomic mass is 10.0. The Morgan fingerprint density at radius 1 is 0.245 bits per heavy atom. The van der Waals surface area contributed by atoms with E-state index in [-0.39, 0.29) is 25.7 Å². The molecule has 19 heteroatoms. The first-order chi connectivity index (χ1) is 47.7. The molecule has 0 saturated heterocycles. The Morgan fingerprint density at radius 2 is 0.408 bits per heavy atom. The summed E-state index contributed by atoms with van der Waals surface area (Å²) in [4.78, 5) is 72.7. The summed E-state index contributed by atoms with van der Waals surface area (Å²) in [7, 11) is -9.90. The fourth-order valence-electron chi connectivity index (χ4n) is 12.3. The van der Waals surface area contributed by atoms with Crippen molar-refractivity contribution in [3.05, 3.63) is 0 Å². The maximum Gasteiger partial charge on any atom is 0.472 e. The Labute approximate surface area is 600 Å². The van der Waals surface area contributed by atoms with Gasteiger partial charge in [0, 0.05) is 25.7 Å². The average Bonchev–Trinajstić information content (AvgIpc) is 1.26. The average molecular weight is 1440 g/mol. The number of ether oxygens (including phenoxy) is 4. The molecule has 0 amide bonds. The van der Waals surface area contributed by atoms with Gasteiger partial charge in [-0.1, -0.05) is 374 Å². The molecule has 0 aromatic carbocycles. The Bertz CT molecular complexity index is 1860. The summed E-state index contributed by atoms with van der Waals surface area (Å²) in [5, 5.41) is 10.6. The number of aliphatic hydroxyl groups excluding tert-OH is 1. The SMILES string of the molecule is CCCCCCCCCCCCCCCCCCCCCC(=O)O[C@H](COC(=O)CCCCCCCCCCCCCCCCCCCC)COP(=O)(O)OC[C@@H](O)COP(=O)(O)OC[C@@H](COC(=O)CCCCCCC)OC(=O)CCCCCCCCCCCCCCCCCC. The van der Waals surface area contributed by atoms with Gasteiger partial charge >= 0.3 is 39.5 Å². The van der Waals surface area contributed by atoms with Gasteiger partial charge in [-0.05, 0) is 25.7 Å². The van der Waals surface area contributed by atoms with Gasteiger partial charge in [0.15, 0.2) is 12.2 Å². The van der Waals surface area contributed by atoms with Crippen LogP contribution < -0.4 is 0 Å². The standard InChI is InChI=1S/C79H154O17P2/c1-5-9-13-17-20-23-26-29-32-35-37-39-42-45-48-51-54-58-62-66-79(84)96-75(70-90-77(82)64-60-56-52-49-46-43-41-38-36-33-30-27-24-21-18-14-10-6-2)72-94-98(87,88)92-68-73(80)67-91-97(85,86)93-71-74(69-89-76(81)63-59-55-16-12-8-4)95-78(83)65-61-57-53-50-47-44-40-34-31-28-25-22-19-15-11-7-3/h73-75,80H,5-72H2,1-4H3,(H,85,86)(H,87,88)/t73-,74+,75+/m0/s1. The Kier molecular flexibility index (Phi) is 71.9. The molecule has 2 unspecified atom stereocenters. The molecule has 0 radical (unpaired) electrons. The molecule has 0 spiro atoms. The van der Waals surface area contributed by atoms with Crippen molar-refractivity contribution < 1.29 is 80.2 Å². The van der Waals surface area contributed by atoms with Crippen LogP contribution in [-0.4, -0.2) is 96.7 Å². The zero-order valence-corrected chi connectivity index (χ0v) is 65.6. The lowest BCUT2D eigenvalue weighted by molar-refractivity contribution is -0.161. The van der Waals surface area contributed by atoms with Crippen LogP contribution in [-0.2, 0) is 65.4 Å². The van der Waals surface area contributed by atoms with Crippen molar-refractivity contribution in [2.45, 2.75) is 444 Å². The number of rotatable bonds is 80. The van der Waals surface area contributed by atoms with Crippen LogP contribution in [0.1, 0.15) is 426 Å². The number of phosphoric ester groups is 2. The van der Waals surface area contributed by atoms with Gasteiger partial charge in [-0.2, -0.15) is 0 Å². The number of esters is 4. The first kappa shape index (κ1) is 96.1. The van der Waals surface area contributed by atoms with Gasteiger partial charge in [-0.3, -0.25) is 37.3 Å². The molecule has 0 aromatic heterocycles. The quantitative estimate of drug-likeness (QED) is 0.0222. The summed E-state index contributed by atoms with van der Waals surface area (Å²) >= 11 is 0. The van der Waals surface area contributed by atoms with Gasteiger partial charge in [0.1, 0.15) is 19.3 Å². The number of hydrogen-bond donors (Lipinski definition) is 3. The second-order valence-electron chi connectivity index (χ2n) is 28.5. The molecular weight excluding hydrogens is 1280 g/mol. The summed E-state index contributed by atoms with van der Waals surface area (Å²) in [5.41, 5.74) is 0. The van der Waals surface area contributed by atoms with Gasteiger partial charge in [0.25, 0.3) is 0 Å². The lowest BCUT2D eigenvalue weighted by Gasteiger charge is -2.21. The zero-order valence-electron chi connectivity index (χ0n) is 63.8. The molecule has 0 fully saturated rings. The predicted molar refractivity (Wildman–Crippen MR) is 400 cm³/mol. The number of hydrogen-bond acceptors (Lipinski definition) is 15. The first-order valence-electron chi connectivity index (χ1n) is 41.3. The van der Waals surface area contributed by atoms with Crippen molar-refractivity contribution in [3.63, 3.8) is 0 Å². The first-order valence-corrected chi connectivity index (χ1v) is 44.3. The Hall–Kier alpha value is -1.94. The van der Waals surface area contributed by atoms with Crippen molar-refractivity contribution in [3.8, 4) is 0 Å². The second kappa shape index (κ2) is 73.4. The normalized spacial score (nSPS) is 13.8. The van der Waals surface area contributed by atoms with Crippen molar-refractivity contribution in [1.82, 2.24) is 0 Å². The Morgan fingerprint density at radius 3 is 0.602 bits per heavy atom. The second-order valence-corrected chi connectivity index (χ2v) is 31.4. The number of unbranched alkanes of at least 4 members (excludes halogenated alkanes) is 54. The molecule has 0 heterocycles. The highest BCUT2D eigenvalue weighted by atomic mass is 31.2. The van der Waals surface area contributed by atoms with Crippen LogP contribution in [0, 0.1) is 0 Å². The summed E-state index contributed by atoms with van der Waals surface area (Å²) in [6, 6.07) is 0. The van der Waals surface area contributed by atoms with Crippen LogP contribution in [0.3, 0.4) is 0 Å². The fraction of sp³-hybridized carbons (Fsp3) is 0.949. The highest BCUT2D eigenvalue weighted by Gasteiger charge is 2.30. The van der Waals surface area contributed by atoms with Crippen LogP contribution in [0.4, 0.5) is 0 Å². The monoisotopic (exact) mass is 1440 g/mol. The third kappa shape index (κ3) is 72.4. The van der Waals surface area contributed by atoms with Crippen molar-refractivity contribution in [1.29, 1.82) is 0 Å². The molecule has 0 aromatic rings. The minimum absolute atomic E-state index is 0.108. The van der Waals surface area contributed by atoms with E-state index in [4.69, 9.17) is 37.0 Å². The highest BCUT2D eigenvalue weighted by Crippen LogP contribution is 2.45. The summed E-state index contributed by atoms with van der Waals surface area (Å²) < 4.78 is 68.4. The molecular formula is C79H154O17P2. The third-order valence-electron chi connectivity index (χ3n) is 18.6. The summed E-state index contributed by atoms with van der Waals surface area (Å²) in [6.07, 6.45) is 65.7. The molecule has 0 aliphatic carbocycles. The fourth-order valence-corrected chi connectivity index (χ4v) is 13.9. The lowest BCUT2D eigenvalue weighted by Crippen LogP contribution is -2.30. The van der Waals surface area contributed by atoms with Crippen molar-refractivity contribution in [2.75, 3.05) is 39.6 Å². The van der Waals surface area contributed by atoms with Gasteiger partial charge in [0.05, 0.1) is 26.4 Å². The minimum atomic E-state index is -4.96.